The van der Waals surface area contributed by atoms with E-state index in [-0.39, 0.29) is 0 Å². The highest BCUT2D eigenvalue weighted by molar-refractivity contribution is 6.04. The summed E-state index contributed by atoms with van der Waals surface area (Å²) in [4.78, 5) is 14.7. The average Bonchev–Trinajstić information content (AvgIpc) is 2.72. The summed E-state index contributed by atoms with van der Waals surface area (Å²) in [6.07, 6.45) is 0.859. The van der Waals surface area contributed by atoms with Gasteiger partial charge in [-0.2, -0.15) is 5.26 Å². The van der Waals surface area contributed by atoms with E-state index in [1.54, 1.807) is 6.20 Å². The molecule has 1 N–H and O–H groups in total. The van der Waals surface area contributed by atoms with Gasteiger partial charge in [-0.1, -0.05) is 18.2 Å². The number of benzene rings is 1. The molecular weight excluding hydrogens is 204 g/mol. The summed E-state index contributed by atoms with van der Waals surface area (Å²) >= 11 is 0. The molecule has 2 rings (SSSR count). The molecular formula is C12H10N2O2. The molecule has 0 saturated heterocycles. The normalized spacial score (nSPS) is 12.0. The molecule has 0 fully saturated rings. The number of nitrogens with zero attached hydrogens (tertiary/aromatic N) is 1. The molecule has 16 heavy (non-hydrogen) atoms. The lowest BCUT2D eigenvalue weighted by molar-refractivity contribution is 0.0438. The lowest BCUT2D eigenvalue weighted by Gasteiger charge is -2.04. The third-order valence-corrected chi connectivity index (χ3v) is 2.27. The van der Waals surface area contributed by atoms with E-state index >= 15 is 0 Å². The Hall–Kier alpha value is -2.28. The summed E-state index contributed by atoms with van der Waals surface area (Å²) in [5.41, 5.74) is 1.33. The monoisotopic (exact) mass is 214 g/mol. The fourth-order valence-corrected chi connectivity index (χ4v) is 1.49. The van der Waals surface area contributed by atoms with Gasteiger partial charge in [-0.05, 0) is 13.0 Å². The Bertz CT molecular complexity index is 566. The Morgan fingerprint density at radius 3 is 3.00 bits per heavy atom. The molecule has 0 aliphatic rings. The first kappa shape index (κ1) is 10.2. The van der Waals surface area contributed by atoms with Crippen LogP contribution >= 0.6 is 0 Å². The van der Waals surface area contributed by atoms with Crippen molar-refractivity contribution >= 4 is 16.9 Å². The van der Waals surface area contributed by atoms with Crippen molar-refractivity contribution in [3.8, 4) is 6.07 Å². The van der Waals surface area contributed by atoms with E-state index in [0.717, 1.165) is 10.9 Å². The number of hydrogen-bond donors (Lipinski definition) is 1. The Morgan fingerprint density at radius 1 is 1.50 bits per heavy atom. The predicted octanol–water partition coefficient (Wildman–Crippen LogP) is 2.24. The third-order valence-electron chi connectivity index (χ3n) is 2.27. The summed E-state index contributed by atoms with van der Waals surface area (Å²) in [5, 5.41) is 9.36. The van der Waals surface area contributed by atoms with Gasteiger partial charge in [0.05, 0.1) is 5.56 Å². The lowest BCUT2D eigenvalue weighted by Crippen LogP contribution is -2.12. The van der Waals surface area contributed by atoms with Crippen molar-refractivity contribution < 1.29 is 9.53 Å². The maximum Gasteiger partial charge on any atom is 0.341 e. The maximum absolute atomic E-state index is 11.7. The van der Waals surface area contributed by atoms with Gasteiger partial charge in [0.2, 0.25) is 0 Å². The number of nitriles is 1. The van der Waals surface area contributed by atoms with Crippen molar-refractivity contribution in [1.82, 2.24) is 4.98 Å². The first-order chi connectivity index (χ1) is 7.72. The molecule has 1 heterocycles. The van der Waals surface area contributed by atoms with Crippen LogP contribution in [0.3, 0.4) is 0 Å². The first-order valence-electron chi connectivity index (χ1n) is 4.89. The van der Waals surface area contributed by atoms with Crippen molar-refractivity contribution in [1.29, 1.82) is 5.26 Å². The van der Waals surface area contributed by atoms with E-state index in [2.05, 4.69) is 4.98 Å². The predicted molar refractivity (Wildman–Crippen MR) is 58.8 cm³/mol. The molecule has 0 aliphatic carbocycles. The smallest absolute Gasteiger partial charge is 0.341 e. The highest BCUT2D eigenvalue weighted by atomic mass is 16.5. The van der Waals surface area contributed by atoms with Crippen molar-refractivity contribution in [3.63, 3.8) is 0 Å². The van der Waals surface area contributed by atoms with Crippen LogP contribution in [-0.4, -0.2) is 17.1 Å². The molecule has 4 heteroatoms. The highest BCUT2D eigenvalue weighted by Crippen LogP contribution is 2.18. The number of ether oxygens (including phenoxy) is 1. The SMILES string of the molecule is CC(C#N)OC(=O)c1c[nH]c2ccccc12. The second-order valence-electron chi connectivity index (χ2n) is 3.42. The zero-order chi connectivity index (χ0) is 11.5. The maximum atomic E-state index is 11.7. The summed E-state index contributed by atoms with van der Waals surface area (Å²) in [6.45, 7) is 1.53. The van der Waals surface area contributed by atoms with E-state index in [4.69, 9.17) is 10.00 Å². The zero-order valence-electron chi connectivity index (χ0n) is 8.73. The molecule has 1 unspecified atom stereocenters. The minimum Gasteiger partial charge on any atom is -0.444 e. The topological polar surface area (TPSA) is 65.9 Å². The second kappa shape index (κ2) is 4.07. The van der Waals surface area contributed by atoms with Crippen LogP contribution in [0.25, 0.3) is 10.9 Å². The number of carbonyl (C=O) groups excluding carboxylic acids is 1. The molecule has 2 aromatic rings. The number of para-hydroxylation sites is 1. The molecule has 0 bridgehead atoms. The van der Waals surface area contributed by atoms with Gasteiger partial charge >= 0.3 is 5.97 Å². The fraction of sp³-hybridized carbons (Fsp3) is 0.167. The van der Waals surface area contributed by atoms with Crippen LogP contribution in [0.2, 0.25) is 0 Å². The molecule has 1 atom stereocenters. The lowest BCUT2D eigenvalue weighted by atomic mass is 10.2. The van der Waals surface area contributed by atoms with Gasteiger partial charge in [0.25, 0.3) is 0 Å². The van der Waals surface area contributed by atoms with Crippen molar-refractivity contribution in [3.05, 3.63) is 36.0 Å². The van der Waals surface area contributed by atoms with Crippen molar-refractivity contribution in [2.24, 2.45) is 0 Å². The van der Waals surface area contributed by atoms with E-state index in [1.165, 1.54) is 6.92 Å². The number of nitrogens with one attached hydrogen (secondary N) is 1. The van der Waals surface area contributed by atoms with Crippen LogP contribution in [0.15, 0.2) is 30.5 Å². The number of esters is 1. The number of aromatic amines is 1. The first-order valence-corrected chi connectivity index (χ1v) is 4.89. The fourth-order valence-electron chi connectivity index (χ4n) is 1.49. The summed E-state index contributed by atoms with van der Waals surface area (Å²) in [7, 11) is 0. The Labute approximate surface area is 92.4 Å². The number of H-pyrrole nitrogens is 1. The highest BCUT2D eigenvalue weighted by Gasteiger charge is 2.15. The van der Waals surface area contributed by atoms with Gasteiger partial charge in [-0.15, -0.1) is 0 Å². The summed E-state index contributed by atoms with van der Waals surface area (Å²) in [5.74, 6) is -0.480. The van der Waals surface area contributed by atoms with E-state index in [9.17, 15) is 4.79 Å². The number of carbonyl (C=O) groups is 1. The quantitative estimate of drug-likeness (QED) is 0.779. The zero-order valence-corrected chi connectivity index (χ0v) is 8.73. The van der Waals surface area contributed by atoms with E-state index < -0.39 is 12.1 Å². The van der Waals surface area contributed by atoms with Crippen LogP contribution in [0.5, 0.6) is 0 Å². The second-order valence-corrected chi connectivity index (χ2v) is 3.42. The molecule has 0 saturated carbocycles. The standard InChI is InChI=1S/C12H10N2O2/c1-8(6-13)16-12(15)10-7-14-11-5-3-2-4-9(10)11/h2-5,7-8,14H,1H3. The van der Waals surface area contributed by atoms with Gasteiger partial charge < -0.3 is 9.72 Å². The van der Waals surface area contributed by atoms with Gasteiger partial charge in [0.15, 0.2) is 6.10 Å². The van der Waals surface area contributed by atoms with E-state index in [1.807, 2.05) is 30.3 Å². The van der Waals surface area contributed by atoms with Crippen LogP contribution in [0, 0.1) is 11.3 Å². The van der Waals surface area contributed by atoms with Crippen LogP contribution in [0.1, 0.15) is 17.3 Å². The number of fused-ring (bicyclic) bond motifs is 1. The summed E-state index contributed by atoms with van der Waals surface area (Å²) in [6, 6.07) is 9.29. The van der Waals surface area contributed by atoms with Crippen molar-refractivity contribution in [2.45, 2.75) is 13.0 Å². The largest absolute Gasteiger partial charge is 0.444 e. The van der Waals surface area contributed by atoms with Gasteiger partial charge in [0.1, 0.15) is 6.07 Å². The number of hydrogen-bond acceptors (Lipinski definition) is 3. The van der Waals surface area contributed by atoms with E-state index in [0.29, 0.717) is 5.56 Å². The molecule has 0 radical (unpaired) electrons. The minimum atomic E-state index is -0.735. The van der Waals surface area contributed by atoms with Gasteiger partial charge in [-0.25, -0.2) is 4.79 Å². The average molecular weight is 214 g/mol. The third kappa shape index (κ3) is 1.75. The number of aromatic nitrogens is 1. The molecule has 0 spiro atoms. The Kier molecular flexibility index (Phi) is 2.61. The number of rotatable bonds is 2. The molecule has 1 aromatic heterocycles. The Balaban J connectivity index is 2.34. The molecule has 0 aliphatic heterocycles. The van der Waals surface area contributed by atoms with Crippen molar-refractivity contribution in [2.75, 3.05) is 0 Å². The molecule has 80 valence electrons. The molecule has 4 nitrogen and oxygen atoms in total. The molecule has 1 aromatic carbocycles. The Morgan fingerprint density at radius 2 is 2.25 bits per heavy atom. The van der Waals surface area contributed by atoms with Gasteiger partial charge in [-0.3, -0.25) is 0 Å². The van der Waals surface area contributed by atoms with Crippen LogP contribution in [-0.2, 0) is 4.74 Å². The van der Waals surface area contributed by atoms with Crippen LogP contribution in [0.4, 0.5) is 0 Å². The van der Waals surface area contributed by atoms with Crippen LogP contribution < -0.4 is 0 Å². The summed E-state index contributed by atoms with van der Waals surface area (Å²) < 4.78 is 4.93. The van der Waals surface area contributed by atoms with Gasteiger partial charge in [0, 0.05) is 17.1 Å². The minimum absolute atomic E-state index is 0.456. The molecule has 0 amide bonds.